The number of benzene rings is 1. The predicted octanol–water partition coefficient (Wildman–Crippen LogP) is 1.63. The van der Waals surface area contributed by atoms with Crippen LogP contribution in [0.2, 0.25) is 0 Å². The van der Waals surface area contributed by atoms with E-state index in [1.807, 2.05) is 44.2 Å². The lowest BCUT2D eigenvalue weighted by molar-refractivity contribution is 0.000895. The first-order valence-corrected chi connectivity index (χ1v) is 6.03. The van der Waals surface area contributed by atoms with Crippen LogP contribution in [0.4, 0.5) is 0 Å². The van der Waals surface area contributed by atoms with Crippen molar-refractivity contribution in [2.45, 2.75) is 26.0 Å². The summed E-state index contributed by atoms with van der Waals surface area (Å²) >= 11 is 0. The van der Waals surface area contributed by atoms with Crippen LogP contribution in [0.5, 0.6) is 0 Å². The first-order valence-electron chi connectivity index (χ1n) is 6.03. The van der Waals surface area contributed by atoms with Gasteiger partial charge in [0.15, 0.2) is 0 Å². The molecule has 0 saturated heterocycles. The summed E-state index contributed by atoms with van der Waals surface area (Å²) in [5.74, 6) is 5.57. The van der Waals surface area contributed by atoms with Crippen LogP contribution in [0.15, 0.2) is 30.3 Å². The van der Waals surface area contributed by atoms with E-state index in [0.29, 0.717) is 19.8 Å². The minimum atomic E-state index is -0.0854. The molecule has 1 rings (SSSR count). The highest BCUT2D eigenvalue weighted by Crippen LogP contribution is 2.21. The molecule has 0 radical (unpaired) electrons. The van der Waals surface area contributed by atoms with Crippen molar-refractivity contribution in [1.29, 1.82) is 0 Å². The summed E-state index contributed by atoms with van der Waals surface area (Å²) in [6.07, 6.45) is -0.0854. The summed E-state index contributed by atoms with van der Waals surface area (Å²) in [7, 11) is 0. The number of nitrogens with one attached hydrogen (secondary N) is 1. The van der Waals surface area contributed by atoms with E-state index >= 15 is 0 Å². The lowest BCUT2D eigenvalue weighted by Gasteiger charge is -2.26. The molecule has 0 spiro atoms. The first-order chi connectivity index (χ1) is 8.33. The molecule has 0 heterocycles. The van der Waals surface area contributed by atoms with Crippen molar-refractivity contribution in [2.24, 2.45) is 5.84 Å². The van der Waals surface area contributed by atoms with Crippen LogP contribution in [-0.2, 0) is 9.47 Å². The Morgan fingerprint density at radius 2 is 1.88 bits per heavy atom. The Kier molecular flexibility index (Phi) is 6.81. The first kappa shape index (κ1) is 14.1. The van der Waals surface area contributed by atoms with Gasteiger partial charge in [-0.15, -0.1) is 0 Å². The molecule has 17 heavy (non-hydrogen) atoms. The average Bonchev–Trinajstić information content (AvgIpc) is 2.39. The Hall–Kier alpha value is -0.940. The van der Waals surface area contributed by atoms with Crippen LogP contribution in [0, 0.1) is 0 Å². The third-order valence-electron chi connectivity index (χ3n) is 2.56. The summed E-state index contributed by atoms with van der Waals surface area (Å²) in [6.45, 7) is 5.79. The minimum Gasteiger partial charge on any atom is -0.380 e. The lowest BCUT2D eigenvalue weighted by Crippen LogP contribution is -2.44. The van der Waals surface area contributed by atoms with Crippen molar-refractivity contribution in [3.63, 3.8) is 0 Å². The zero-order valence-electron chi connectivity index (χ0n) is 10.6. The molecule has 3 N–H and O–H groups in total. The maximum Gasteiger partial charge on any atom is 0.101 e. The maximum absolute atomic E-state index is 5.76. The summed E-state index contributed by atoms with van der Waals surface area (Å²) in [5.41, 5.74) is 3.88. The summed E-state index contributed by atoms with van der Waals surface area (Å²) in [4.78, 5) is 0. The topological polar surface area (TPSA) is 56.5 Å². The molecule has 2 unspecified atom stereocenters. The largest absolute Gasteiger partial charge is 0.380 e. The number of hydrogen-bond acceptors (Lipinski definition) is 4. The van der Waals surface area contributed by atoms with Crippen molar-refractivity contribution in [1.82, 2.24) is 5.43 Å². The Morgan fingerprint density at radius 3 is 2.41 bits per heavy atom. The highest BCUT2D eigenvalue weighted by Gasteiger charge is 2.22. The van der Waals surface area contributed by atoms with E-state index in [2.05, 4.69) is 5.43 Å². The molecule has 0 fully saturated rings. The van der Waals surface area contributed by atoms with Crippen LogP contribution in [0.25, 0.3) is 0 Å². The van der Waals surface area contributed by atoms with Crippen LogP contribution >= 0.6 is 0 Å². The van der Waals surface area contributed by atoms with E-state index in [1.165, 1.54) is 0 Å². The fourth-order valence-corrected chi connectivity index (χ4v) is 1.73. The van der Waals surface area contributed by atoms with Gasteiger partial charge in [-0.2, -0.15) is 0 Å². The lowest BCUT2D eigenvalue weighted by atomic mass is 10.0. The Morgan fingerprint density at radius 1 is 1.18 bits per heavy atom. The standard InChI is InChI=1S/C13H22N2O2/c1-3-16-10-12(15-14)13(17-4-2)11-8-6-5-7-9-11/h5-9,12-13,15H,3-4,10,14H2,1-2H3. The molecule has 96 valence electrons. The fraction of sp³-hybridized carbons (Fsp3) is 0.538. The van der Waals surface area contributed by atoms with Gasteiger partial charge in [0.05, 0.1) is 12.6 Å². The van der Waals surface area contributed by atoms with Crippen molar-refractivity contribution in [3.8, 4) is 0 Å². The molecule has 0 saturated carbocycles. The molecular formula is C13H22N2O2. The quantitative estimate of drug-likeness (QED) is 0.534. The van der Waals surface area contributed by atoms with E-state index in [9.17, 15) is 0 Å². The van der Waals surface area contributed by atoms with Gasteiger partial charge < -0.3 is 9.47 Å². The van der Waals surface area contributed by atoms with Crippen LogP contribution in [-0.4, -0.2) is 25.9 Å². The summed E-state index contributed by atoms with van der Waals surface area (Å²) < 4.78 is 11.2. The van der Waals surface area contributed by atoms with Gasteiger partial charge in [-0.1, -0.05) is 30.3 Å². The smallest absolute Gasteiger partial charge is 0.101 e. The predicted molar refractivity (Wildman–Crippen MR) is 68.4 cm³/mol. The Balaban J connectivity index is 2.75. The summed E-state index contributed by atoms with van der Waals surface area (Å²) in [6, 6.07) is 10.0. The molecule has 1 aromatic rings. The van der Waals surface area contributed by atoms with Crippen LogP contribution < -0.4 is 11.3 Å². The van der Waals surface area contributed by atoms with E-state index < -0.39 is 0 Å². The Labute approximate surface area is 103 Å². The van der Waals surface area contributed by atoms with Gasteiger partial charge >= 0.3 is 0 Å². The molecular weight excluding hydrogens is 216 g/mol. The van der Waals surface area contributed by atoms with E-state index in [1.54, 1.807) is 0 Å². The van der Waals surface area contributed by atoms with Crippen molar-refractivity contribution in [3.05, 3.63) is 35.9 Å². The third kappa shape index (κ3) is 4.44. The van der Waals surface area contributed by atoms with Crippen molar-refractivity contribution < 1.29 is 9.47 Å². The van der Waals surface area contributed by atoms with Crippen LogP contribution in [0.3, 0.4) is 0 Å². The van der Waals surface area contributed by atoms with Gasteiger partial charge in [-0.25, -0.2) is 0 Å². The average molecular weight is 238 g/mol. The second-order valence-corrected chi connectivity index (χ2v) is 3.72. The number of hydrazine groups is 1. The van der Waals surface area contributed by atoms with Gasteiger partial charge in [0, 0.05) is 13.2 Å². The molecule has 4 nitrogen and oxygen atoms in total. The van der Waals surface area contributed by atoms with E-state index in [-0.39, 0.29) is 12.1 Å². The molecule has 0 amide bonds. The molecule has 2 atom stereocenters. The second-order valence-electron chi connectivity index (χ2n) is 3.72. The van der Waals surface area contributed by atoms with Gasteiger partial charge in [0.1, 0.15) is 6.10 Å². The molecule has 1 aromatic carbocycles. The highest BCUT2D eigenvalue weighted by atomic mass is 16.5. The van der Waals surface area contributed by atoms with Crippen LogP contribution in [0.1, 0.15) is 25.5 Å². The van der Waals surface area contributed by atoms with Gasteiger partial charge in [-0.3, -0.25) is 11.3 Å². The minimum absolute atomic E-state index is 0.0442. The van der Waals surface area contributed by atoms with E-state index in [0.717, 1.165) is 5.56 Å². The zero-order valence-corrected chi connectivity index (χ0v) is 10.6. The number of hydrogen-bond donors (Lipinski definition) is 2. The molecule has 0 bridgehead atoms. The van der Waals surface area contributed by atoms with Gasteiger partial charge in [-0.05, 0) is 19.4 Å². The highest BCUT2D eigenvalue weighted by molar-refractivity contribution is 5.19. The van der Waals surface area contributed by atoms with Crippen molar-refractivity contribution in [2.75, 3.05) is 19.8 Å². The molecule has 0 aliphatic carbocycles. The number of ether oxygens (including phenoxy) is 2. The van der Waals surface area contributed by atoms with E-state index in [4.69, 9.17) is 15.3 Å². The zero-order chi connectivity index (χ0) is 12.5. The Bertz CT molecular complexity index is 293. The summed E-state index contributed by atoms with van der Waals surface area (Å²) in [5, 5.41) is 0. The molecule has 0 aliphatic rings. The molecule has 0 aromatic heterocycles. The third-order valence-corrected chi connectivity index (χ3v) is 2.56. The SMILES string of the molecule is CCOCC(NN)C(OCC)c1ccccc1. The maximum atomic E-state index is 5.76. The monoisotopic (exact) mass is 238 g/mol. The molecule has 4 heteroatoms. The molecule has 0 aliphatic heterocycles. The van der Waals surface area contributed by atoms with Gasteiger partial charge in [0.2, 0.25) is 0 Å². The second kappa shape index (κ2) is 8.20. The normalized spacial score (nSPS) is 14.5. The number of rotatable bonds is 8. The van der Waals surface area contributed by atoms with Gasteiger partial charge in [0.25, 0.3) is 0 Å². The fourth-order valence-electron chi connectivity index (χ4n) is 1.73. The van der Waals surface area contributed by atoms with Crippen molar-refractivity contribution >= 4 is 0 Å². The number of nitrogens with two attached hydrogens (primary N) is 1.